The Kier molecular flexibility index (Phi) is 3.55. The van der Waals surface area contributed by atoms with E-state index in [9.17, 15) is 0 Å². The zero-order valence-electron chi connectivity index (χ0n) is 11.5. The van der Waals surface area contributed by atoms with Crippen LogP contribution in [0.1, 0.15) is 0 Å². The van der Waals surface area contributed by atoms with Crippen molar-refractivity contribution in [3.05, 3.63) is 32.7 Å². The summed E-state index contributed by atoms with van der Waals surface area (Å²) in [6, 6.07) is 5.27. The van der Waals surface area contributed by atoms with Gasteiger partial charge in [0, 0.05) is 16.7 Å². The normalized spacial score (nSPS) is 11.0. The fourth-order valence-electron chi connectivity index (χ4n) is 2.06. The molecule has 0 aliphatic carbocycles. The van der Waals surface area contributed by atoms with E-state index in [-0.39, 0.29) is 14.5 Å². The lowest BCUT2D eigenvalue weighted by molar-refractivity contribution is 0.548. The fraction of sp³-hybridized carbons (Fsp3) is 0. The molecule has 0 saturated heterocycles. The van der Waals surface area contributed by atoms with Gasteiger partial charge in [-0.1, -0.05) is 0 Å². The van der Waals surface area contributed by atoms with Crippen LogP contribution in [-0.2, 0) is 0 Å². The van der Waals surface area contributed by atoms with Gasteiger partial charge in [-0.15, -0.1) is 15.3 Å². The first kappa shape index (κ1) is 14.9. The van der Waals surface area contributed by atoms with E-state index in [4.69, 9.17) is 49.9 Å². The molecular weight excluding hydrogens is 372 g/mol. The van der Waals surface area contributed by atoms with Crippen LogP contribution in [0.15, 0.2) is 31.5 Å². The van der Waals surface area contributed by atoms with Gasteiger partial charge in [0.1, 0.15) is 0 Å². The molecule has 0 amide bonds. The zero-order chi connectivity index (χ0) is 16.7. The fourth-order valence-corrected chi connectivity index (χ4v) is 2.43. The van der Waals surface area contributed by atoms with Gasteiger partial charge >= 0.3 is 0 Å². The summed E-state index contributed by atoms with van der Waals surface area (Å²) in [5, 5.41) is 19.7. The van der Waals surface area contributed by atoms with Crippen LogP contribution in [-0.4, -0.2) is 30.6 Å². The highest BCUT2D eigenvalue weighted by Crippen LogP contribution is 2.30. The van der Waals surface area contributed by atoms with Crippen molar-refractivity contribution in [1.82, 2.24) is 30.6 Å². The van der Waals surface area contributed by atoms with E-state index in [0.29, 0.717) is 34.4 Å². The van der Waals surface area contributed by atoms with Crippen LogP contribution in [0.4, 0.5) is 0 Å². The molecule has 0 unspecified atom stereocenters. The number of nitrogens with one attached hydrogen (secondary N) is 3. The Morgan fingerprint density at radius 3 is 1.08 bits per heavy atom. The summed E-state index contributed by atoms with van der Waals surface area (Å²) in [6.45, 7) is 0. The monoisotopic (exact) mass is 378 g/mol. The van der Waals surface area contributed by atoms with E-state index in [1.54, 1.807) is 18.2 Å². The van der Waals surface area contributed by atoms with Gasteiger partial charge in [0.05, 0.1) is 0 Å². The molecule has 120 valence electrons. The molecule has 1 aromatic carbocycles. The second kappa shape index (κ2) is 5.74. The van der Waals surface area contributed by atoms with Crippen molar-refractivity contribution in [3.8, 4) is 34.4 Å². The second-order valence-electron chi connectivity index (χ2n) is 4.55. The lowest BCUT2D eigenvalue weighted by Gasteiger charge is -2.02. The highest BCUT2D eigenvalue weighted by Gasteiger charge is 2.15. The minimum Gasteiger partial charge on any atom is -0.409 e. The molecule has 0 aliphatic heterocycles. The Morgan fingerprint density at radius 1 is 0.583 bits per heavy atom. The molecule has 0 aliphatic rings. The Hall–Kier alpha value is -2.70. The zero-order valence-corrected chi connectivity index (χ0v) is 14.0. The van der Waals surface area contributed by atoms with Gasteiger partial charge in [0.2, 0.25) is 17.7 Å². The maximum Gasteiger partial charge on any atom is 0.284 e. The lowest BCUT2D eigenvalue weighted by Crippen LogP contribution is -1.87. The first-order valence-electron chi connectivity index (χ1n) is 6.41. The van der Waals surface area contributed by atoms with Crippen molar-refractivity contribution in [1.29, 1.82) is 0 Å². The SMILES string of the molecule is S=c1[nH]nc(-c2cc(-c3n[nH]c(=S)o3)cc(-c3n[nH]c(=S)o3)c2)o1. The van der Waals surface area contributed by atoms with E-state index >= 15 is 0 Å². The minimum absolute atomic E-state index is 0.159. The van der Waals surface area contributed by atoms with Crippen LogP contribution in [0.25, 0.3) is 34.4 Å². The number of aromatic amines is 3. The predicted octanol–water partition coefficient (Wildman–Crippen LogP) is 3.82. The average molecular weight is 378 g/mol. The molecule has 3 heterocycles. The van der Waals surface area contributed by atoms with Gasteiger partial charge in [0.25, 0.3) is 14.5 Å². The lowest BCUT2D eigenvalue weighted by atomic mass is 10.1. The van der Waals surface area contributed by atoms with Crippen LogP contribution < -0.4 is 0 Å². The summed E-state index contributed by atoms with van der Waals surface area (Å²) in [4.78, 5) is 0.477. The summed E-state index contributed by atoms with van der Waals surface area (Å²) < 4.78 is 16.1. The summed E-state index contributed by atoms with van der Waals surface area (Å²) in [5.74, 6) is 0.893. The molecule has 3 aromatic heterocycles. The van der Waals surface area contributed by atoms with Crippen molar-refractivity contribution in [2.24, 2.45) is 0 Å². The summed E-state index contributed by atoms with van der Waals surface area (Å²) >= 11 is 14.7. The molecule has 4 aromatic rings. The van der Waals surface area contributed by atoms with Crippen molar-refractivity contribution in [2.75, 3.05) is 0 Å². The quantitative estimate of drug-likeness (QED) is 0.456. The predicted molar refractivity (Wildman–Crippen MR) is 88.5 cm³/mol. The minimum atomic E-state index is 0.159. The van der Waals surface area contributed by atoms with Crippen LogP contribution in [0.2, 0.25) is 0 Å². The Bertz CT molecular complexity index is 1030. The Morgan fingerprint density at radius 2 is 0.875 bits per heavy atom. The van der Waals surface area contributed by atoms with Gasteiger partial charge in [-0.25, -0.2) is 15.3 Å². The number of hydrogen-bond donors (Lipinski definition) is 3. The van der Waals surface area contributed by atoms with Crippen molar-refractivity contribution in [2.45, 2.75) is 0 Å². The molecule has 0 fully saturated rings. The largest absolute Gasteiger partial charge is 0.409 e. The van der Waals surface area contributed by atoms with Crippen LogP contribution in [0.5, 0.6) is 0 Å². The molecule has 0 bridgehead atoms. The average Bonchev–Trinajstić information content (AvgIpc) is 3.28. The highest BCUT2D eigenvalue weighted by molar-refractivity contribution is 7.71. The Balaban J connectivity index is 1.95. The molecule has 4 rings (SSSR count). The van der Waals surface area contributed by atoms with Gasteiger partial charge in [-0.3, -0.25) is 0 Å². The van der Waals surface area contributed by atoms with Crippen LogP contribution in [0.3, 0.4) is 0 Å². The first-order valence-corrected chi connectivity index (χ1v) is 7.64. The van der Waals surface area contributed by atoms with E-state index < -0.39 is 0 Å². The van der Waals surface area contributed by atoms with E-state index in [1.807, 2.05) is 0 Å². The number of rotatable bonds is 3. The van der Waals surface area contributed by atoms with Crippen LogP contribution in [0, 0.1) is 14.5 Å². The van der Waals surface area contributed by atoms with Crippen molar-refractivity contribution < 1.29 is 13.3 Å². The molecular formula is C12H6N6O3S3. The molecule has 0 saturated carbocycles. The molecule has 0 spiro atoms. The summed E-state index contributed by atoms with van der Waals surface area (Å²) in [5.41, 5.74) is 1.84. The van der Waals surface area contributed by atoms with Crippen LogP contribution >= 0.6 is 36.7 Å². The highest BCUT2D eigenvalue weighted by atomic mass is 32.1. The van der Waals surface area contributed by atoms with E-state index in [0.717, 1.165) is 0 Å². The van der Waals surface area contributed by atoms with Crippen molar-refractivity contribution in [3.63, 3.8) is 0 Å². The van der Waals surface area contributed by atoms with Gasteiger partial charge in [-0.2, -0.15) is 0 Å². The van der Waals surface area contributed by atoms with Gasteiger partial charge < -0.3 is 13.3 Å². The van der Waals surface area contributed by atoms with Crippen molar-refractivity contribution >= 4 is 36.7 Å². The third-order valence-electron chi connectivity index (χ3n) is 2.99. The Labute approximate surface area is 147 Å². The summed E-state index contributed by atoms with van der Waals surface area (Å²) in [6.07, 6.45) is 0. The molecule has 9 nitrogen and oxygen atoms in total. The number of hydrogen-bond acceptors (Lipinski definition) is 9. The summed E-state index contributed by atoms with van der Waals surface area (Å²) in [7, 11) is 0. The number of aromatic nitrogens is 6. The molecule has 0 radical (unpaired) electrons. The maximum absolute atomic E-state index is 5.35. The third-order valence-corrected chi connectivity index (χ3v) is 3.51. The van der Waals surface area contributed by atoms with Gasteiger partial charge in [0.15, 0.2) is 0 Å². The van der Waals surface area contributed by atoms with Gasteiger partial charge in [-0.05, 0) is 54.9 Å². The number of H-pyrrole nitrogens is 3. The standard InChI is InChI=1S/C12H6N6O3S3/c22-10-16-13-7(19-10)4-1-5(8-14-17-11(23)20-8)3-6(2-4)9-15-18-12(24)21-9/h1-3H,(H,16,22)(H,17,23)(H,18,24). The topological polar surface area (TPSA) is 125 Å². The molecule has 0 atom stereocenters. The smallest absolute Gasteiger partial charge is 0.284 e. The number of nitrogens with zero attached hydrogens (tertiary/aromatic N) is 3. The molecule has 12 heteroatoms. The molecule has 24 heavy (non-hydrogen) atoms. The maximum atomic E-state index is 5.35. The van der Waals surface area contributed by atoms with E-state index in [1.165, 1.54) is 0 Å². The molecule has 3 N–H and O–H groups in total. The van der Waals surface area contributed by atoms with E-state index in [2.05, 4.69) is 30.6 Å². The number of benzene rings is 1. The second-order valence-corrected chi connectivity index (χ2v) is 5.67. The third kappa shape index (κ3) is 2.77. The first-order chi connectivity index (χ1) is 11.6.